The molecule has 4 rings (SSSR count). The molecule has 0 atom stereocenters. The summed E-state index contributed by atoms with van der Waals surface area (Å²) in [5.41, 5.74) is 1.63. The molecule has 2 heterocycles. The zero-order valence-electron chi connectivity index (χ0n) is 17.5. The van der Waals surface area contributed by atoms with Gasteiger partial charge in [0.25, 0.3) is 5.91 Å². The standard InChI is InChI=1S/C21H20F3N7O/c1-12(2)30(3)20-27-16-9-6-14(10-17(16)28-20)26-19(32)18-25-11-31(29-18)15-7-4-13(5-8-15)21(22,23)24/h4-12H,1-3H3,(H,26,32)(H,27,28). The summed E-state index contributed by atoms with van der Waals surface area (Å²) in [4.78, 5) is 26.3. The molecule has 32 heavy (non-hydrogen) atoms. The monoisotopic (exact) mass is 443 g/mol. The van der Waals surface area contributed by atoms with Gasteiger partial charge in [0.2, 0.25) is 11.8 Å². The molecular weight excluding hydrogens is 423 g/mol. The quantitative estimate of drug-likeness (QED) is 0.481. The third kappa shape index (κ3) is 4.27. The molecule has 0 saturated carbocycles. The molecule has 2 aromatic carbocycles. The predicted molar refractivity (Wildman–Crippen MR) is 114 cm³/mol. The van der Waals surface area contributed by atoms with E-state index in [9.17, 15) is 18.0 Å². The second-order valence-corrected chi connectivity index (χ2v) is 7.51. The van der Waals surface area contributed by atoms with Crippen molar-refractivity contribution in [3.8, 4) is 5.69 Å². The highest BCUT2D eigenvalue weighted by Gasteiger charge is 2.30. The number of halogens is 3. The van der Waals surface area contributed by atoms with E-state index in [0.29, 0.717) is 11.4 Å². The van der Waals surface area contributed by atoms with E-state index in [0.717, 1.165) is 29.1 Å². The van der Waals surface area contributed by atoms with E-state index in [-0.39, 0.29) is 11.9 Å². The SMILES string of the molecule is CC(C)N(C)c1nc2ccc(NC(=O)c3ncn(-c4ccc(C(F)(F)F)cc4)n3)cc2[nH]1. The van der Waals surface area contributed by atoms with Crippen LogP contribution in [0.4, 0.5) is 24.8 Å². The molecule has 4 aromatic rings. The number of imidazole rings is 1. The van der Waals surface area contributed by atoms with Gasteiger partial charge in [-0.1, -0.05) is 0 Å². The van der Waals surface area contributed by atoms with E-state index in [2.05, 4.69) is 39.2 Å². The number of nitrogens with zero attached hydrogens (tertiary/aromatic N) is 5. The van der Waals surface area contributed by atoms with Crippen molar-refractivity contribution in [3.05, 3.63) is 60.2 Å². The van der Waals surface area contributed by atoms with E-state index in [1.165, 1.54) is 23.1 Å². The number of amides is 1. The number of aromatic nitrogens is 5. The molecule has 166 valence electrons. The lowest BCUT2D eigenvalue weighted by Crippen LogP contribution is -2.26. The number of carbonyl (C=O) groups excluding carboxylic acids is 1. The van der Waals surface area contributed by atoms with E-state index in [1.807, 2.05) is 11.9 Å². The van der Waals surface area contributed by atoms with Gasteiger partial charge in [0.05, 0.1) is 22.3 Å². The van der Waals surface area contributed by atoms with Gasteiger partial charge in [0, 0.05) is 18.8 Å². The number of fused-ring (bicyclic) bond motifs is 1. The van der Waals surface area contributed by atoms with Gasteiger partial charge in [0.15, 0.2) is 0 Å². The topological polar surface area (TPSA) is 91.7 Å². The first-order valence-corrected chi connectivity index (χ1v) is 9.75. The van der Waals surface area contributed by atoms with Crippen molar-refractivity contribution < 1.29 is 18.0 Å². The van der Waals surface area contributed by atoms with Gasteiger partial charge in [-0.2, -0.15) is 13.2 Å². The number of nitrogens with one attached hydrogen (secondary N) is 2. The molecule has 1 amide bonds. The second kappa shape index (κ2) is 7.98. The number of hydrogen-bond donors (Lipinski definition) is 2. The average Bonchev–Trinajstić information content (AvgIpc) is 3.39. The van der Waals surface area contributed by atoms with Crippen LogP contribution in [0.3, 0.4) is 0 Å². The number of carbonyl (C=O) groups is 1. The third-order valence-corrected chi connectivity index (χ3v) is 4.99. The number of aromatic amines is 1. The maximum atomic E-state index is 12.7. The van der Waals surface area contributed by atoms with Crippen LogP contribution in [0, 0.1) is 0 Å². The molecule has 0 saturated heterocycles. The lowest BCUT2D eigenvalue weighted by molar-refractivity contribution is -0.137. The molecule has 0 spiro atoms. The smallest absolute Gasteiger partial charge is 0.343 e. The van der Waals surface area contributed by atoms with Gasteiger partial charge < -0.3 is 15.2 Å². The van der Waals surface area contributed by atoms with Gasteiger partial charge in [-0.05, 0) is 56.3 Å². The number of hydrogen-bond acceptors (Lipinski definition) is 5. The first-order valence-electron chi connectivity index (χ1n) is 9.75. The van der Waals surface area contributed by atoms with Crippen LogP contribution in [0.25, 0.3) is 16.7 Å². The van der Waals surface area contributed by atoms with Crippen molar-refractivity contribution in [2.45, 2.75) is 26.1 Å². The number of anilines is 2. The van der Waals surface area contributed by atoms with Gasteiger partial charge in [-0.3, -0.25) is 4.79 Å². The highest BCUT2D eigenvalue weighted by atomic mass is 19.4. The van der Waals surface area contributed by atoms with Crippen molar-refractivity contribution in [2.75, 3.05) is 17.3 Å². The lowest BCUT2D eigenvalue weighted by Gasteiger charge is -2.19. The summed E-state index contributed by atoms with van der Waals surface area (Å²) in [6, 6.07) is 9.93. The predicted octanol–water partition coefficient (Wildman–Crippen LogP) is 4.26. The minimum atomic E-state index is -4.42. The number of alkyl halides is 3. The number of benzene rings is 2. The lowest BCUT2D eigenvalue weighted by atomic mass is 10.2. The molecule has 0 aliphatic heterocycles. The normalized spacial score (nSPS) is 11.8. The molecule has 0 aliphatic carbocycles. The maximum absolute atomic E-state index is 12.7. The second-order valence-electron chi connectivity index (χ2n) is 7.51. The Hall–Kier alpha value is -3.89. The Morgan fingerprint density at radius 3 is 2.53 bits per heavy atom. The van der Waals surface area contributed by atoms with Crippen LogP contribution in [0.2, 0.25) is 0 Å². The zero-order valence-corrected chi connectivity index (χ0v) is 17.5. The van der Waals surface area contributed by atoms with Crippen molar-refractivity contribution in [3.63, 3.8) is 0 Å². The fourth-order valence-corrected chi connectivity index (χ4v) is 2.97. The summed E-state index contributed by atoms with van der Waals surface area (Å²) in [5, 5.41) is 6.78. The van der Waals surface area contributed by atoms with E-state index in [4.69, 9.17) is 0 Å². The zero-order chi connectivity index (χ0) is 23.0. The van der Waals surface area contributed by atoms with Gasteiger partial charge in [-0.25, -0.2) is 14.6 Å². The molecule has 0 fully saturated rings. The molecule has 2 aromatic heterocycles. The Kier molecular flexibility index (Phi) is 5.33. The van der Waals surface area contributed by atoms with Crippen LogP contribution < -0.4 is 10.2 Å². The van der Waals surface area contributed by atoms with Crippen molar-refractivity contribution in [1.82, 2.24) is 24.7 Å². The average molecular weight is 443 g/mol. The van der Waals surface area contributed by atoms with Crippen LogP contribution >= 0.6 is 0 Å². The first kappa shape index (κ1) is 21.3. The fourth-order valence-electron chi connectivity index (χ4n) is 2.97. The highest BCUT2D eigenvalue weighted by Crippen LogP contribution is 2.29. The van der Waals surface area contributed by atoms with Crippen LogP contribution in [-0.4, -0.2) is 43.7 Å². The van der Waals surface area contributed by atoms with Crippen LogP contribution in [0.15, 0.2) is 48.8 Å². The maximum Gasteiger partial charge on any atom is 0.416 e. The molecule has 0 unspecified atom stereocenters. The molecular formula is C21H20F3N7O. The minimum absolute atomic E-state index is 0.116. The molecule has 8 nitrogen and oxygen atoms in total. The Morgan fingerprint density at radius 2 is 1.88 bits per heavy atom. The molecule has 2 N–H and O–H groups in total. The van der Waals surface area contributed by atoms with Gasteiger partial charge in [0.1, 0.15) is 6.33 Å². The van der Waals surface area contributed by atoms with Crippen LogP contribution in [0.1, 0.15) is 30.0 Å². The van der Waals surface area contributed by atoms with Crippen molar-refractivity contribution in [1.29, 1.82) is 0 Å². The van der Waals surface area contributed by atoms with Gasteiger partial charge >= 0.3 is 6.18 Å². The number of H-pyrrole nitrogens is 1. The molecule has 0 aliphatic rings. The van der Waals surface area contributed by atoms with E-state index < -0.39 is 17.6 Å². The molecule has 0 bridgehead atoms. The summed E-state index contributed by atoms with van der Waals surface area (Å²) in [6.45, 7) is 4.10. The summed E-state index contributed by atoms with van der Waals surface area (Å²) in [6.07, 6.45) is -3.16. The first-order chi connectivity index (χ1) is 15.1. The Labute approximate surface area is 181 Å². The summed E-state index contributed by atoms with van der Waals surface area (Å²) >= 11 is 0. The minimum Gasteiger partial charge on any atom is -0.343 e. The Bertz CT molecular complexity index is 1260. The Balaban J connectivity index is 1.50. The molecule has 11 heteroatoms. The van der Waals surface area contributed by atoms with E-state index >= 15 is 0 Å². The van der Waals surface area contributed by atoms with Gasteiger partial charge in [-0.15, -0.1) is 5.10 Å². The third-order valence-electron chi connectivity index (χ3n) is 4.99. The summed E-state index contributed by atoms with van der Waals surface area (Å²) in [7, 11) is 1.93. The van der Waals surface area contributed by atoms with Crippen LogP contribution in [-0.2, 0) is 6.18 Å². The summed E-state index contributed by atoms with van der Waals surface area (Å²) < 4.78 is 39.4. The summed E-state index contributed by atoms with van der Waals surface area (Å²) in [5.74, 6) is 0.0549. The van der Waals surface area contributed by atoms with Crippen molar-refractivity contribution in [2.24, 2.45) is 0 Å². The highest BCUT2D eigenvalue weighted by molar-refractivity contribution is 6.02. The largest absolute Gasteiger partial charge is 0.416 e. The Morgan fingerprint density at radius 1 is 1.16 bits per heavy atom. The van der Waals surface area contributed by atoms with E-state index in [1.54, 1.807) is 18.2 Å². The molecule has 0 radical (unpaired) electrons. The number of rotatable bonds is 5. The van der Waals surface area contributed by atoms with Crippen molar-refractivity contribution >= 4 is 28.6 Å². The van der Waals surface area contributed by atoms with Crippen LogP contribution in [0.5, 0.6) is 0 Å². The fraction of sp³-hybridized carbons (Fsp3) is 0.238.